The molecule has 0 radical (unpaired) electrons. The van der Waals surface area contributed by atoms with Gasteiger partial charge in [0.15, 0.2) is 0 Å². The normalized spacial score (nSPS) is 22.1. The molecule has 0 bridgehead atoms. The van der Waals surface area contributed by atoms with Crippen molar-refractivity contribution in [2.75, 3.05) is 11.9 Å². The first-order valence-electron chi connectivity index (χ1n) is 3.89. The van der Waals surface area contributed by atoms with E-state index in [1.807, 2.05) is 24.3 Å². The Labute approximate surface area is 65.9 Å². The van der Waals surface area contributed by atoms with Crippen molar-refractivity contribution in [2.45, 2.75) is 12.5 Å². The summed E-state index contributed by atoms with van der Waals surface area (Å²) in [6, 6.07) is 7.89. The van der Waals surface area contributed by atoms with Gasteiger partial charge in [0, 0.05) is 17.8 Å². The van der Waals surface area contributed by atoms with Crippen LogP contribution in [0.5, 0.6) is 0 Å². The van der Waals surface area contributed by atoms with Crippen LogP contribution in [0.4, 0.5) is 5.69 Å². The average molecular weight is 149 g/mol. The Bertz CT molecular complexity index is 259. The number of fused-ring (bicyclic) bond motifs is 1. The molecule has 2 heteroatoms. The lowest BCUT2D eigenvalue weighted by atomic mass is 10.0. The number of para-hydroxylation sites is 1. The predicted octanol–water partition coefficient (Wildman–Crippen LogP) is 1.54. The van der Waals surface area contributed by atoms with Crippen molar-refractivity contribution < 1.29 is 5.11 Å². The molecule has 0 aliphatic carbocycles. The molecule has 0 spiro atoms. The Morgan fingerprint density at radius 1 is 1.36 bits per heavy atom. The SMILES string of the molecule is OC1CCNc2ccccc21. The zero-order valence-corrected chi connectivity index (χ0v) is 6.25. The largest absolute Gasteiger partial charge is 0.388 e. The van der Waals surface area contributed by atoms with Crippen molar-refractivity contribution in [3.63, 3.8) is 0 Å². The van der Waals surface area contributed by atoms with Crippen LogP contribution in [0, 0.1) is 0 Å². The molecule has 0 fully saturated rings. The van der Waals surface area contributed by atoms with Gasteiger partial charge in [0.2, 0.25) is 0 Å². The monoisotopic (exact) mass is 149 g/mol. The van der Waals surface area contributed by atoms with Gasteiger partial charge in [-0.3, -0.25) is 0 Å². The molecule has 1 unspecified atom stereocenters. The summed E-state index contributed by atoms with van der Waals surface area (Å²) in [6.45, 7) is 0.873. The van der Waals surface area contributed by atoms with E-state index in [9.17, 15) is 5.11 Å². The molecule has 0 amide bonds. The minimum absolute atomic E-state index is 0.271. The fraction of sp³-hybridized carbons (Fsp3) is 0.333. The maximum atomic E-state index is 9.52. The molecule has 1 atom stereocenters. The third kappa shape index (κ3) is 1.10. The second-order valence-corrected chi connectivity index (χ2v) is 2.82. The first kappa shape index (κ1) is 6.68. The third-order valence-electron chi connectivity index (χ3n) is 2.05. The van der Waals surface area contributed by atoms with E-state index in [4.69, 9.17) is 0 Å². The Morgan fingerprint density at radius 3 is 3.00 bits per heavy atom. The molecule has 11 heavy (non-hydrogen) atoms. The van der Waals surface area contributed by atoms with Crippen molar-refractivity contribution >= 4 is 5.69 Å². The summed E-state index contributed by atoms with van der Waals surface area (Å²) < 4.78 is 0. The smallest absolute Gasteiger partial charge is 0.0826 e. The summed E-state index contributed by atoms with van der Waals surface area (Å²) >= 11 is 0. The molecule has 1 aliphatic heterocycles. The number of hydrogen-bond donors (Lipinski definition) is 2. The van der Waals surface area contributed by atoms with Crippen LogP contribution in [0.3, 0.4) is 0 Å². The molecule has 0 aromatic heterocycles. The van der Waals surface area contributed by atoms with Crippen LogP contribution in [0.25, 0.3) is 0 Å². The molecule has 0 saturated heterocycles. The van der Waals surface area contributed by atoms with Crippen molar-refractivity contribution in [1.82, 2.24) is 0 Å². The minimum atomic E-state index is -0.271. The van der Waals surface area contributed by atoms with E-state index in [1.165, 1.54) is 0 Å². The summed E-state index contributed by atoms with van der Waals surface area (Å²) in [6.07, 6.45) is 0.546. The molecule has 1 aromatic rings. The fourth-order valence-electron chi connectivity index (χ4n) is 1.45. The van der Waals surface area contributed by atoms with Gasteiger partial charge in [-0.05, 0) is 12.5 Å². The second-order valence-electron chi connectivity index (χ2n) is 2.82. The van der Waals surface area contributed by atoms with Crippen LogP contribution >= 0.6 is 0 Å². The standard InChI is InChI=1S/C9H11NO/c11-9-5-6-10-8-4-2-1-3-7(8)9/h1-4,9-11H,5-6H2. The lowest BCUT2D eigenvalue weighted by molar-refractivity contribution is 0.168. The minimum Gasteiger partial charge on any atom is -0.388 e. The second kappa shape index (κ2) is 2.55. The Morgan fingerprint density at radius 2 is 2.18 bits per heavy atom. The molecular formula is C9H11NO. The number of rotatable bonds is 0. The lowest BCUT2D eigenvalue weighted by Crippen LogP contribution is -2.15. The average Bonchev–Trinajstić information content (AvgIpc) is 2.06. The molecular weight excluding hydrogens is 138 g/mol. The number of anilines is 1. The van der Waals surface area contributed by atoms with Gasteiger partial charge < -0.3 is 10.4 Å². The summed E-state index contributed by atoms with van der Waals surface area (Å²) in [4.78, 5) is 0. The summed E-state index contributed by atoms with van der Waals surface area (Å²) in [5.74, 6) is 0. The third-order valence-corrected chi connectivity index (χ3v) is 2.05. The summed E-state index contributed by atoms with van der Waals surface area (Å²) in [7, 11) is 0. The molecule has 1 aliphatic rings. The van der Waals surface area contributed by atoms with E-state index >= 15 is 0 Å². The van der Waals surface area contributed by atoms with Crippen LogP contribution in [-0.4, -0.2) is 11.7 Å². The van der Waals surface area contributed by atoms with Crippen LogP contribution in [0.15, 0.2) is 24.3 Å². The predicted molar refractivity (Wildman–Crippen MR) is 44.5 cm³/mol. The molecule has 2 N–H and O–H groups in total. The number of benzene rings is 1. The van der Waals surface area contributed by atoms with E-state index in [-0.39, 0.29) is 6.10 Å². The van der Waals surface area contributed by atoms with Gasteiger partial charge in [-0.2, -0.15) is 0 Å². The number of aliphatic hydroxyl groups excluding tert-OH is 1. The van der Waals surface area contributed by atoms with E-state index < -0.39 is 0 Å². The lowest BCUT2D eigenvalue weighted by Gasteiger charge is -2.22. The zero-order chi connectivity index (χ0) is 7.68. The molecule has 1 heterocycles. The van der Waals surface area contributed by atoms with Crippen molar-refractivity contribution in [1.29, 1.82) is 0 Å². The molecule has 2 nitrogen and oxygen atoms in total. The van der Waals surface area contributed by atoms with Gasteiger partial charge in [-0.25, -0.2) is 0 Å². The van der Waals surface area contributed by atoms with Gasteiger partial charge in [-0.1, -0.05) is 18.2 Å². The van der Waals surface area contributed by atoms with Gasteiger partial charge in [0.1, 0.15) is 0 Å². The highest BCUT2D eigenvalue weighted by atomic mass is 16.3. The highest BCUT2D eigenvalue weighted by Gasteiger charge is 2.15. The van der Waals surface area contributed by atoms with Crippen LogP contribution < -0.4 is 5.32 Å². The van der Waals surface area contributed by atoms with Gasteiger partial charge in [-0.15, -0.1) is 0 Å². The number of nitrogens with one attached hydrogen (secondary N) is 1. The zero-order valence-electron chi connectivity index (χ0n) is 6.25. The molecule has 1 aromatic carbocycles. The van der Waals surface area contributed by atoms with E-state index in [1.54, 1.807) is 0 Å². The van der Waals surface area contributed by atoms with E-state index in [2.05, 4.69) is 5.32 Å². The van der Waals surface area contributed by atoms with Gasteiger partial charge >= 0.3 is 0 Å². The van der Waals surface area contributed by atoms with Crippen molar-refractivity contribution in [2.24, 2.45) is 0 Å². The van der Waals surface area contributed by atoms with E-state index in [0.717, 1.165) is 24.2 Å². The molecule has 0 saturated carbocycles. The Hall–Kier alpha value is -1.02. The Balaban J connectivity index is 2.44. The van der Waals surface area contributed by atoms with Crippen molar-refractivity contribution in [3.8, 4) is 0 Å². The summed E-state index contributed by atoms with van der Waals surface area (Å²) in [5, 5.41) is 12.8. The summed E-state index contributed by atoms with van der Waals surface area (Å²) in [5.41, 5.74) is 2.10. The highest BCUT2D eigenvalue weighted by molar-refractivity contribution is 5.53. The highest BCUT2D eigenvalue weighted by Crippen LogP contribution is 2.28. The first-order chi connectivity index (χ1) is 5.38. The molecule has 58 valence electrons. The first-order valence-corrected chi connectivity index (χ1v) is 3.89. The van der Waals surface area contributed by atoms with Crippen LogP contribution in [0.1, 0.15) is 18.1 Å². The van der Waals surface area contributed by atoms with Crippen LogP contribution in [0.2, 0.25) is 0 Å². The maximum absolute atomic E-state index is 9.52. The van der Waals surface area contributed by atoms with Crippen molar-refractivity contribution in [3.05, 3.63) is 29.8 Å². The van der Waals surface area contributed by atoms with Crippen LogP contribution in [-0.2, 0) is 0 Å². The number of aliphatic hydroxyl groups is 1. The van der Waals surface area contributed by atoms with E-state index in [0.29, 0.717) is 0 Å². The quantitative estimate of drug-likeness (QED) is 0.586. The molecule has 2 rings (SSSR count). The van der Waals surface area contributed by atoms with Gasteiger partial charge in [0.25, 0.3) is 0 Å². The van der Waals surface area contributed by atoms with Gasteiger partial charge in [0.05, 0.1) is 6.10 Å². The maximum Gasteiger partial charge on any atom is 0.0826 e. The number of hydrogen-bond acceptors (Lipinski definition) is 2. The Kier molecular flexibility index (Phi) is 1.55. The topological polar surface area (TPSA) is 32.3 Å². The fourth-order valence-corrected chi connectivity index (χ4v) is 1.45.